The van der Waals surface area contributed by atoms with E-state index in [9.17, 15) is 14.2 Å². The molecule has 1 N–H and O–H groups in total. The van der Waals surface area contributed by atoms with Crippen LogP contribution in [0.5, 0.6) is 0 Å². The van der Waals surface area contributed by atoms with Crippen molar-refractivity contribution in [2.75, 3.05) is 31.7 Å². The third-order valence-electron chi connectivity index (χ3n) is 4.40. The molecule has 1 aliphatic heterocycles. The van der Waals surface area contributed by atoms with Crippen LogP contribution >= 0.6 is 7.60 Å². The molecule has 1 saturated heterocycles. The lowest BCUT2D eigenvalue weighted by atomic mass is 10.1. The van der Waals surface area contributed by atoms with Gasteiger partial charge < -0.3 is 23.8 Å². The fraction of sp³-hybridized carbons (Fsp3) is 0.650. The molecule has 1 fully saturated rings. The van der Waals surface area contributed by atoms with Gasteiger partial charge in [0.2, 0.25) is 5.91 Å². The van der Waals surface area contributed by atoms with Crippen LogP contribution in [0.25, 0.3) is 0 Å². The van der Waals surface area contributed by atoms with Gasteiger partial charge in [-0.15, -0.1) is 0 Å². The first-order valence-electron chi connectivity index (χ1n) is 10.5. The van der Waals surface area contributed by atoms with Crippen LogP contribution in [0.15, 0.2) is 29.0 Å². The van der Waals surface area contributed by atoms with Crippen LogP contribution in [-0.4, -0.2) is 48.2 Å². The van der Waals surface area contributed by atoms with Crippen LogP contribution in [0, 0.1) is 5.92 Å². The Kier molecular flexibility index (Phi) is 10.6. The highest BCUT2D eigenvalue weighted by Crippen LogP contribution is 2.49. The summed E-state index contributed by atoms with van der Waals surface area (Å²) in [6, 6.07) is 1.54. The molecular formula is C20H32N3O7P. The molecule has 0 unspecified atom stereocenters. The number of nitrogens with one attached hydrogen (secondary N) is 1. The predicted octanol–water partition coefficient (Wildman–Crippen LogP) is 3.14. The van der Waals surface area contributed by atoms with Crippen LogP contribution in [0.2, 0.25) is 0 Å². The largest absolute Gasteiger partial charge is 0.353 e. The number of carbonyl (C=O) groups excluding carboxylic acids is 1. The quantitative estimate of drug-likeness (QED) is 0.476. The van der Waals surface area contributed by atoms with Crippen molar-refractivity contribution in [2.24, 2.45) is 5.92 Å². The first kappa shape index (κ1) is 25.4. The van der Waals surface area contributed by atoms with Gasteiger partial charge in [0.25, 0.3) is 0 Å². The van der Waals surface area contributed by atoms with Gasteiger partial charge in [-0.1, -0.05) is 6.08 Å². The van der Waals surface area contributed by atoms with E-state index in [0.717, 1.165) is 19.3 Å². The predicted molar refractivity (Wildman–Crippen MR) is 116 cm³/mol. The van der Waals surface area contributed by atoms with Crippen LogP contribution < -0.4 is 11.0 Å². The van der Waals surface area contributed by atoms with Crippen molar-refractivity contribution in [3.63, 3.8) is 0 Å². The lowest BCUT2D eigenvalue weighted by Crippen LogP contribution is -2.30. The maximum atomic E-state index is 12.8. The van der Waals surface area contributed by atoms with Gasteiger partial charge >= 0.3 is 13.3 Å². The van der Waals surface area contributed by atoms with E-state index >= 15 is 0 Å². The van der Waals surface area contributed by atoms with Crippen molar-refractivity contribution in [3.8, 4) is 0 Å². The minimum atomic E-state index is -3.39. The van der Waals surface area contributed by atoms with Gasteiger partial charge in [-0.3, -0.25) is 13.9 Å². The molecule has 1 amide bonds. The second kappa shape index (κ2) is 12.9. The van der Waals surface area contributed by atoms with Crippen molar-refractivity contribution in [1.82, 2.24) is 9.55 Å². The lowest BCUT2D eigenvalue weighted by molar-refractivity contribution is -0.167. The van der Waals surface area contributed by atoms with E-state index in [0.29, 0.717) is 6.61 Å². The topological polar surface area (TPSA) is 118 Å². The van der Waals surface area contributed by atoms with Gasteiger partial charge in [0.1, 0.15) is 5.82 Å². The molecule has 11 heteroatoms. The Hall–Kier alpha value is -1.84. The van der Waals surface area contributed by atoms with Crippen LogP contribution in [0.1, 0.15) is 40.0 Å². The van der Waals surface area contributed by atoms with Crippen molar-refractivity contribution in [1.29, 1.82) is 0 Å². The van der Waals surface area contributed by atoms with Crippen LogP contribution in [-0.2, 0) is 34.4 Å². The van der Waals surface area contributed by atoms with Gasteiger partial charge in [0.05, 0.1) is 19.8 Å². The summed E-state index contributed by atoms with van der Waals surface area (Å²) >= 11 is 0. The Balaban J connectivity index is 2.16. The molecule has 10 nitrogen and oxygen atoms in total. The number of aromatic nitrogens is 2. The van der Waals surface area contributed by atoms with Gasteiger partial charge in [0, 0.05) is 38.0 Å². The summed E-state index contributed by atoms with van der Waals surface area (Å²) in [5.41, 5.74) is -0.517. The van der Waals surface area contributed by atoms with Gasteiger partial charge in [-0.05, 0) is 39.2 Å². The number of carbonyl (C=O) groups is 1. The Morgan fingerprint density at radius 1 is 1.39 bits per heavy atom. The number of hydrogen-bond acceptors (Lipinski definition) is 8. The molecule has 1 aromatic rings. The summed E-state index contributed by atoms with van der Waals surface area (Å²) in [5, 5.41) is 2.48. The Morgan fingerprint density at radius 3 is 2.71 bits per heavy atom. The summed E-state index contributed by atoms with van der Waals surface area (Å²) in [7, 11) is -3.39. The average molecular weight is 457 g/mol. The van der Waals surface area contributed by atoms with Gasteiger partial charge in [-0.25, -0.2) is 4.79 Å². The molecule has 174 valence electrons. The summed E-state index contributed by atoms with van der Waals surface area (Å²) in [5.74, 6) is 0.976. The molecule has 0 bridgehead atoms. The minimum Gasteiger partial charge on any atom is -0.353 e. The molecule has 31 heavy (non-hydrogen) atoms. The molecule has 2 rings (SSSR count). The zero-order valence-electron chi connectivity index (χ0n) is 18.3. The Morgan fingerprint density at radius 2 is 2.13 bits per heavy atom. The second-order valence-corrected chi connectivity index (χ2v) is 8.93. The highest BCUT2D eigenvalue weighted by Gasteiger charge is 2.22. The van der Waals surface area contributed by atoms with E-state index in [2.05, 4.69) is 10.3 Å². The van der Waals surface area contributed by atoms with E-state index in [1.165, 1.54) is 17.3 Å². The first-order chi connectivity index (χ1) is 14.8. The molecule has 0 spiro atoms. The number of hydrogen-bond donors (Lipinski definition) is 1. The highest BCUT2D eigenvalue weighted by molar-refractivity contribution is 7.57. The normalized spacial score (nSPS) is 18.2. The number of nitrogens with zero attached hydrogens (tertiary/aromatic N) is 2. The van der Waals surface area contributed by atoms with Crippen LogP contribution in [0.3, 0.4) is 0 Å². The molecule has 0 aromatic carbocycles. The number of ether oxygens (including phenoxy) is 2. The van der Waals surface area contributed by atoms with Crippen molar-refractivity contribution in [2.45, 2.75) is 52.9 Å². The molecule has 0 saturated carbocycles. The smallest absolute Gasteiger partial charge is 0.353 e. The average Bonchev–Trinajstić information content (AvgIpc) is 2.72. The maximum absolute atomic E-state index is 12.8. The standard InChI is InChI=1S/C20H32N3O7P/c1-4-29-31(26,30-5-2)13-10-17(15-28-19-8-6-7-12-27-19)14-23-11-9-18(21-16(3)24)22-20(23)25/h9-11,13,17,19H,4-8,12,14-15H2,1-3H3,(H,21,22,24,25)/t17-,19+/m1/s1. The van der Waals surface area contributed by atoms with Crippen molar-refractivity contribution < 1.29 is 27.9 Å². The molecule has 2 atom stereocenters. The molecule has 1 aliphatic rings. The summed E-state index contributed by atoms with van der Waals surface area (Å²) < 4.78 is 36.3. The molecule has 2 heterocycles. The summed E-state index contributed by atoms with van der Waals surface area (Å²) in [4.78, 5) is 27.4. The molecule has 1 aromatic heterocycles. The summed E-state index contributed by atoms with van der Waals surface area (Å²) in [6.07, 6.45) is 5.78. The second-order valence-electron chi connectivity index (χ2n) is 7.04. The van der Waals surface area contributed by atoms with Gasteiger partial charge in [-0.2, -0.15) is 4.98 Å². The number of amides is 1. The number of rotatable bonds is 12. The number of anilines is 1. The van der Waals surface area contributed by atoms with E-state index in [4.69, 9.17) is 18.5 Å². The molecule has 0 aliphatic carbocycles. The van der Waals surface area contributed by atoms with Gasteiger partial charge in [0.15, 0.2) is 6.29 Å². The lowest BCUT2D eigenvalue weighted by Gasteiger charge is -2.25. The fourth-order valence-electron chi connectivity index (χ4n) is 3.02. The SMILES string of the molecule is CCOP(=O)(C=C[C@@H](CO[C@H]1CCCCO1)Cn1ccc(NC(C)=O)nc1=O)OCC. The highest BCUT2D eigenvalue weighted by atomic mass is 31.2. The monoisotopic (exact) mass is 457 g/mol. The van der Waals surface area contributed by atoms with Crippen LogP contribution in [0.4, 0.5) is 5.82 Å². The fourth-order valence-corrected chi connectivity index (χ4v) is 4.44. The van der Waals surface area contributed by atoms with E-state index in [1.807, 2.05) is 0 Å². The Bertz CT molecular complexity index is 826. The Labute approximate surface area is 182 Å². The first-order valence-corrected chi connectivity index (χ1v) is 12.1. The van der Waals surface area contributed by atoms with E-state index in [-0.39, 0.29) is 50.3 Å². The zero-order chi connectivity index (χ0) is 22.7. The third kappa shape index (κ3) is 9.04. The molecular weight excluding hydrogens is 425 g/mol. The van der Waals surface area contributed by atoms with Crippen molar-refractivity contribution in [3.05, 3.63) is 34.6 Å². The van der Waals surface area contributed by atoms with E-state index in [1.54, 1.807) is 32.2 Å². The summed E-state index contributed by atoms with van der Waals surface area (Å²) in [6.45, 7) is 6.44. The maximum Gasteiger partial charge on any atom is 0.353 e. The molecule has 0 radical (unpaired) electrons. The third-order valence-corrected chi connectivity index (χ3v) is 6.18. The van der Waals surface area contributed by atoms with Crippen molar-refractivity contribution >= 4 is 19.3 Å². The minimum absolute atomic E-state index is 0.185. The zero-order valence-corrected chi connectivity index (χ0v) is 19.2. The van der Waals surface area contributed by atoms with E-state index < -0.39 is 13.3 Å².